The summed E-state index contributed by atoms with van der Waals surface area (Å²) < 4.78 is 15.7. The van der Waals surface area contributed by atoms with E-state index in [4.69, 9.17) is 28.2 Å². The van der Waals surface area contributed by atoms with Crippen LogP contribution in [-0.2, 0) is 6.54 Å². The van der Waals surface area contributed by atoms with Crippen LogP contribution in [0.15, 0.2) is 66.9 Å². The molecule has 0 aliphatic carbocycles. The zero-order chi connectivity index (χ0) is 22.9. The maximum Gasteiger partial charge on any atom is 0.255 e. The van der Waals surface area contributed by atoms with Crippen LogP contribution < -0.4 is 0 Å². The van der Waals surface area contributed by atoms with Crippen LogP contribution in [0.2, 0.25) is 10.0 Å². The van der Waals surface area contributed by atoms with Crippen molar-refractivity contribution in [2.45, 2.75) is 6.54 Å². The molecule has 2 aromatic heterocycles. The summed E-state index contributed by atoms with van der Waals surface area (Å²) in [6.07, 6.45) is 2.02. The normalized spacial score (nSPS) is 14.7. The van der Waals surface area contributed by atoms with Crippen molar-refractivity contribution in [1.82, 2.24) is 19.2 Å². The van der Waals surface area contributed by atoms with E-state index in [1.165, 1.54) is 18.2 Å². The van der Waals surface area contributed by atoms with Crippen molar-refractivity contribution in [1.29, 1.82) is 0 Å². The maximum atomic E-state index is 13.6. The number of amides is 1. The first-order valence-corrected chi connectivity index (χ1v) is 11.4. The first-order chi connectivity index (χ1) is 16.0. The number of rotatable bonds is 4. The summed E-state index contributed by atoms with van der Waals surface area (Å²) in [6.45, 7) is 3.15. The zero-order valence-electron chi connectivity index (χ0n) is 17.7. The van der Waals surface area contributed by atoms with Crippen molar-refractivity contribution in [3.63, 3.8) is 0 Å². The molecule has 1 saturated heterocycles. The Morgan fingerprint density at radius 3 is 2.48 bits per heavy atom. The van der Waals surface area contributed by atoms with Crippen molar-refractivity contribution in [3.8, 4) is 11.3 Å². The second-order valence-corrected chi connectivity index (χ2v) is 8.88. The predicted octanol–water partition coefficient (Wildman–Crippen LogP) is 5.41. The number of hydrogen-bond donors (Lipinski definition) is 0. The topological polar surface area (TPSA) is 40.9 Å². The number of fused-ring (bicyclic) bond motifs is 1. The summed E-state index contributed by atoms with van der Waals surface area (Å²) in [5.74, 6) is -0.709. The lowest BCUT2D eigenvalue weighted by atomic mass is 10.1. The molecule has 5 nitrogen and oxygen atoms in total. The minimum absolute atomic E-state index is 0.205. The van der Waals surface area contributed by atoms with E-state index < -0.39 is 5.82 Å². The van der Waals surface area contributed by atoms with Crippen LogP contribution in [0.5, 0.6) is 0 Å². The molecule has 5 rings (SSSR count). The number of imidazole rings is 1. The van der Waals surface area contributed by atoms with Gasteiger partial charge in [-0.1, -0.05) is 41.4 Å². The third kappa shape index (κ3) is 4.47. The van der Waals surface area contributed by atoms with Gasteiger partial charge in [0.25, 0.3) is 5.91 Å². The van der Waals surface area contributed by atoms with Crippen LogP contribution in [0, 0.1) is 5.82 Å². The number of carbonyl (C=O) groups is 1. The minimum Gasteiger partial charge on any atom is -0.336 e. The van der Waals surface area contributed by atoms with Gasteiger partial charge >= 0.3 is 0 Å². The van der Waals surface area contributed by atoms with Gasteiger partial charge in [0.05, 0.1) is 22.0 Å². The molecule has 0 unspecified atom stereocenters. The molecule has 33 heavy (non-hydrogen) atoms. The van der Waals surface area contributed by atoms with Crippen LogP contribution >= 0.6 is 23.2 Å². The van der Waals surface area contributed by atoms with E-state index in [9.17, 15) is 9.18 Å². The molecule has 3 heterocycles. The molecule has 1 fully saturated rings. The Kier molecular flexibility index (Phi) is 6.06. The predicted molar refractivity (Wildman–Crippen MR) is 128 cm³/mol. The second-order valence-electron chi connectivity index (χ2n) is 8.04. The maximum absolute atomic E-state index is 13.6. The number of nitrogens with zero attached hydrogens (tertiary/aromatic N) is 4. The molecule has 168 valence electrons. The lowest BCUT2D eigenvalue weighted by molar-refractivity contribution is 0.0626. The summed E-state index contributed by atoms with van der Waals surface area (Å²) in [6, 6.07) is 17.5. The Hall–Kier alpha value is -2.93. The summed E-state index contributed by atoms with van der Waals surface area (Å²) in [5.41, 5.74) is 4.10. The SMILES string of the molecule is O=C(c1cc(F)ccc1Cl)N1CCN(Cc2c(-c3ccc(Cl)cc3)nc3ccccn23)CC1. The molecule has 0 bridgehead atoms. The molecular formula is C25H21Cl2FN4O. The van der Waals surface area contributed by atoms with Crippen LogP contribution in [0.1, 0.15) is 16.1 Å². The number of carbonyl (C=O) groups excluding carboxylic acids is 1. The monoisotopic (exact) mass is 482 g/mol. The van der Waals surface area contributed by atoms with E-state index in [0.717, 1.165) is 22.6 Å². The molecule has 1 amide bonds. The van der Waals surface area contributed by atoms with Crippen molar-refractivity contribution in [2.75, 3.05) is 26.2 Å². The molecular weight excluding hydrogens is 462 g/mol. The van der Waals surface area contributed by atoms with Gasteiger partial charge in [0.15, 0.2) is 0 Å². The first kappa shape index (κ1) is 21.9. The molecule has 0 atom stereocenters. The van der Waals surface area contributed by atoms with Crippen LogP contribution in [0.4, 0.5) is 4.39 Å². The Balaban J connectivity index is 1.35. The minimum atomic E-state index is -0.469. The average molecular weight is 483 g/mol. The highest BCUT2D eigenvalue weighted by Gasteiger charge is 2.25. The summed E-state index contributed by atoms with van der Waals surface area (Å²) in [4.78, 5) is 21.8. The van der Waals surface area contributed by atoms with Gasteiger partial charge in [-0.05, 0) is 42.5 Å². The smallest absolute Gasteiger partial charge is 0.255 e. The standard InChI is InChI=1S/C25H21Cl2FN4O/c26-18-6-4-17(5-7-18)24-22(32-10-2-1-3-23(32)29-24)16-30-11-13-31(14-12-30)25(33)20-15-19(28)8-9-21(20)27/h1-10,15H,11-14,16H2. The fourth-order valence-corrected chi connectivity index (χ4v) is 4.51. The van der Waals surface area contributed by atoms with E-state index in [1.54, 1.807) is 4.90 Å². The summed E-state index contributed by atoms with van der Waals surface area (Å²) in [7, 11) is 0. The number of aromatic nitrogens is 2. The molecule has 8 heteroatoms. The number of piperazine rings is 1. The van der Waals surface area contributed by atoms with Gasteiger partial charge in [-0.25, -0.2) is 9.37 Å². The van der Waals surface area contributed by atoms with Gasteiger partial charge in [-0.3, -0.25) is 9.69 Å². The number of pyridine rings is 1. The molecule has 2 aromatic carbocycles. The molecule has 0 radical (unpaired) electrons. The molecule has 0 spiro atoms. The van der Waals surface area contributed by atoms with Crippen LogP contribution in [0.3, 0.4) is 0 Å². The van der Waals surface area contributed by atoms with E-state index in [0.29, 0.717) is 37.7 Å². The van der Waals surface area contributed by atoms with E-state index in [2.05, 4.69) is 9.30 Å². The quantitative estimate of drug-likeness (QED) is 0.390. The first-order valence-electron chi connectivity index (χ1n) is 10.7. The Morgan fingerprint density at radius 1 is 0.970 bits per heavy atom. The third-order valence-electron chi connectivity index (χ3n) is 5.94. The van der Waals surface area contributed by atoms with Crippen molar-refractivity contribution < 1.29 is 9.18 Å². The lowest BCUT2D eigenvalue weighted by Gasteiger charge is -2.35. The number of benzene rings is 2. The molecule has 1 aliphatic heterocycles. The molecule has 0 saturated carbocycles. The lowest BCUT2D eigenvalue weighted by Crippen LogP contribution is -2.48. The van der Waals surface area contributed by atoms with E-state index in [1.807, 2.05) is 48.7 Å². The largest absolute Gasteiger partial charge is 0.336 e. The second kappa shape index (κ2) is 9.14. The van der Waals surface area contributed by atoms with E-state index >= 15 is 0 Å². The fraction of sp³-hybridized carbons (Fsp3) is 0.200. The van der Waals surface area contributed by atoms with Gasteiger partial charge in [0.2, 0.25) is 0 Å². The Bertz CT molecular complexity index is 1310. The van der Waals surface area contributed by atoms with Gasteiger partial charge in [-0.15, -0.1) is 0 Å². The van der Waals surface area contributed by atoms with Gasteiger partial charge in [-0.2, -0.15) is 0 Å². The number of halogens is 3. The molecule has 0 N–H and O–H groups in total. The number of hydrogen-bond acceptors (Lipinski definition) is 3. The molecule has 1 aliphatic rings. The van der Waals surface area contributed by atoms with Crippen LogP contribution in [-0.4, -0.2) is 51.3 Å². The van der Waals surface area contributed by atoms with Crippen molar-refractivity contribution >= 4 is 34.8 Å². The Morgan fingerprint density at radius 2 is 1.73 bits per heavy atom. The highest BCUT2D eigenvalue weighted by molar-refractivity contribution is 6.33. The van der Waals surface area contributed by atoms with Crippen molar-refractivity contribution in [3.05, 3.63) is 94.0 Å². The van der Waals surface area contributed by atoms with E-state index in [-0.39, 0.29) is 16.5 Å². The highest BCUT2D eigenvalue weighted by Crippen LogP contribution is 2.27. The van der Waals surface area contributed by atoms with Gasteiger partial charge < -0.3 is 9.30 Å². The summed E-state index contributed by atoms with van der Waals surface area (Å²) in [5, 5.41) is 0.949. The van der Waals surface area contributed by atoms with Gasteiger partial charge in [0.1, 0.15) is 11.5 Å². The summed E-state index contributed by atoms with van der Waals surface area (Å²) >= 11 is 12.2. The van der Waals surface area contributed by atoms with Gasteiger partial charge in [0, 0.05) is 49.5 Å². The van der Waals surface area contributed by atoms with Crippen molar-refractivity contribution in [2.24, 2.45) is 0 Å². The zero-order valence-corrected chi connectivity index (χ0v) is 19.2. The molecule has 4 aromatic rings. The fourth-order valence-electron chi connectivity index (χ4n) is 4.19. The average Bonchev–Trinajstić information content (AvgIpc) is 3.19. The third-order valence-corrected chi connectivity index (χ3v) is 6.52. The highest BCUT2D eigenvalue weighted by atomic mass is 35.5. The Labute approximate surface area is 201 Å². The van der Waals surface area contributed by atoms with Crippen LogP contribution in [0.25, 0.3) is 16.9 Å².